The lowest BCUT2D eigenvalue weighted by Gasteiger charge is -2.37. The van der Waals surface area contributed by atoms with Crippen LogP contribution in [0.3, 0.4) is 0 Å². The third-order valence-corrected chi connectivity index (χ3v) is 7.06. The van der Waals surface area contributed by atoms with Gasteiger partial charge in [-0.2, -0.15) is 0 Å². The van der Waals surface area contributed by atoms with E-state index in [2.05, 4.69) is 20.2 Å². The minimum Gasteiger partial charge on any atom is -0.489 e. The van der Waals surface area contributed by atoms with E-state index in [9.17, 15) is 14.8 Å². The molecule has 1 aliphatic heterocycles. The van der Waals surface area contributed by atoms with Crippen molar-refractivity contribution in [2.75, 3.05) is 13.1 Å². The van der Waals surface area contributed by atoms with Crippen LogP contribution >= 0.6 is 0 Å². The average molecular weight is 526 g/mol. The molecule has 200 valence electrons. The second-order valence-electron chi connectivity index (χ2n) is 9.79. The highest BCUT2D eigenvalue weighted by Crippen LogP contribution is 2.23. The first-order valence-electron chi connectivity index (χ1n) is 12.9. The lowest BCUT2D eigenvalue weighted by Crippen LogP contribution is -2.56. The molecule has 1 saturated heterocycles. The number of rotatable bonds is 8. The van der Waals surface area contributed by atoms with Gasteiger partial charge in [0.25, 0.3) is 5.91 Å². The van der Waals surface area contributed by atoms with Crippen LogP contribution in [0.15, 0.2) is 79.1 Å². The van der Waals surface area contributed by atoms with E-state index in [1.807, 2.05) is 49.4 Å². The minimum absolute atomic E-state index is 0.288. The van der Waals surface area contributed by atoms with E-state index in [4.69, 9.17) is 4.74 Å². The molecule has 3 heterocycles. The maximum atomic E-state index is 13.1. The van der Waals surface area contributed by atoms with E-state index in [-0.39, 0.29) is 5.91 Å². The number of carbonyl (C=O) groups excluding carboxylic acids is 2. The van der Waals surface area contributed by atoms with Crippen LogP contribution in [-0.4, -0.2) is 51.0 Å². The summed E-state index contributed by atoms with van der Waals surface area (Å²) in [6.07, 6.45) is 4.00. The van der Waals surface area contributed by atoms with E-state index in [1.165, 1.54) is 0 Å². The summed E-state index contributed by atoms with van der Waals surface area (Å²) in [6.45, 7) is 4.17. The smallest absolute Gasteiger partial charge is 0.251 e. The molecule has 39 heavy (non-hydrogen) atoms. The molecule has 3 N–H and O–H groups in total. The topological polar surface area (TPSA) is 117 Å². The summed E-state index contributed by atoms with van der Waals surface area (Å²) in [7, 11) is 0. The number of hydroxylamine groups is 1. The second kappa shape index (κ2) is 12.0. The van der Waals surface area contributed by atoms with Crippen LogP contribution in [-0.2, 0) is 17.9 Å². The van der Waals surface area contributed by atoms with Crippen molar-refractivity contribution >= 4 is 22.7 Å². The van der Waals surface area contributed by atoms with Crippen molar-refractivity contribution in [1.82, 2.24) is 25.7 Å². The van der Waals surface area contributed by atoms with Gasteiger partial charge < -0.3 is 10.1 Å². The molecule has 0 radical (unpaired) electrons. The lowest BCUT2D eigenvalue weighted by atomic mass is 9.90. The molecular weight excluding hydrogens is 494 g/mol. The predicted octanol–water partition coefficient (Wildman–Crippen LogP) is 3.64. The number of para-hydroxylation sites is 1. The van der Waals surface area contributed by atoms with Crippen molar-refractivity contribution in [3.63, 3.8) is 0 Å². The third-order valence-electron chi connectivity index (χ3n) is 7.06. The summed E-state index contributed by atoms with van der Waals surface area (Å²) in [5.74, 6) is -0.673. The Morgan fingerprint density at radius 1 is 1.08 bits per heavy atom. The molecule has 1 aliphatic rings. The number of ether oxygens (including phenoxy) is 1. The highest BCUT2D eigenvalue weighted by Gasteiger charge is 2.35. The quantitative estimate of drug-likeness (QED) is 0.238. The van der Waals surface area contributed by atoms with E-state index >= 15 is 0 Å². The SMILES string of the molecule is Cc1cc(COc2ccc(C(=O)NC3CN(Cc4ccncc4)CCC3C(=O)NO)cc2)c2ccccc2n1. The van der Waals surface area contributed by atoms with Gasteiger partial charge in [-0.05, 0) is 74.0 Å². The molecule has 5 rings (SSSR count). The first-order chi connectivity index (χ1) is 19.0. The number of aryl methyl sites for hydroxylation is 1. The first kappa shape index (κ1) is 26.3. The number of hydrogen-bond donors (Lipinski definition) is 3. The van der Waals surface area contributed by atoms with Gasteiger partial charge in [-0.1, -0.05) is 18.2 Å². The zero-order valence-electron chi connectivity index (χ0n) is 21.7. The highest BCUT2D eigenvalue weighted by atomic mass is 16.5. The van der Waals surface area contributed by atoms with Crippen molar-refractivity contribution in [2.45, 2.75) is 32.5 Å². The van der Waals surface area contributed by atoms with Crippen molar-refractivity contribution < 1.29 is 19.5 Å². The number of hydrogen-bond acceptors (Lipinski definition) is 7. The highest BCUT2D eigenvalue weighted by molar-refractivity contribution is 5.95. The zero-order valence-corrected chi connectivity index (χ0v) is 21.7. The van der Waals surface area contributed by atoms with Crippen LogP contribution in [0.4, 0.5) is 0 Å². The van der Waals surface area contributed by atoms with Crippen molar-refractivity contribution in [2.24, 2.45) is 5.92 Å². The number of pyridine rings is 2. The largest absolute Gasteiger partial charge is 0.489 e. The Balaban J connectivity index is 1.23. The molecule has 0 saturated carbocycles. The van der Waals surface area contributed by atoms with Gasteiger partial charge in [-0.25, -0.2) is 5.48 Å². The van der Waals surface area contributed by atoms with Crippen molar-refractivity contribution in [1.29, 1.82) is 0 Å². The van der Waals surface area contributed by atoms with Gasteiger partial charge in [0.2, 0.25) is 5.91 Å². The summed E-state index contributed by atoms with van der Waals surface area (Å²) in [4.78, 5) is 36.3. The number of amides is 2. The Kier molecular flexibility index (Phi) is 8.10. The number of benzene rings is 2. The Hall–Kier alpha value is -4.34. The number of likely N-dealkylation sites (tertiary alicyclic amines) is 1. The second-order valence-corrected chi connectivity index (χ2v) is 9.79. The Bertz CT molecular complexity index is 1450. The Morgan fingerprint density at radius 3 is 2.62 bits per heavy atom. The maximum Gasteiger partial charge on any atom is 0.251 e. The number of nitrogens with one attached hydrogen (secondary N) is 2. The number of fused-ring (bicyclic) bond motifs is 1. The lowest BCUT2D eigenvalue weighted by molar-refractivity contribution is -0.135. The van der Waals surface area contributed by atoms with E-state index in [1.54, 1.807) is 42.1 Å². The van der Waals surface area contributed by atoms with Crippen LogP contribution in [0.5, 0.6) is 5.75 Å². The van der Waals surface area contributed by atoms with E-state index in [0.717, 1.165) is 27.7 Å². The molecule has 2 aromatic heterocycles. The van der Waals surface area contributed by atoms with Crippen LogP contribution in [0.25, 0.3) is 10.9 Å². The molecule has 0 aliphatic carbocycles. The van der Waals surface area contributed by atoms with Gasteiger partial charge in [-0.15, -0.1) is 0 Å². The number of piperidine rings is 1. The van der Waals surface area contributed by atoms with Crippen LogP contribution in [0, 0.1) is 12.8 Å². The van der Waals surface area contributed by atoms with E-state index < -0.39 is 17.9 Å². The third kappa shape index (κ3) is 6.39. The van der Waals surface area contributed by atoms with Gasteiger partial charge in [0.05, 0.1) is 17.5 Å². The standard InChI is InChI=1S/C30H31N5O4/c1-20-16-23(25-4-2-3-5-27(25)32-20)19-39-24-8-6-22(7-9-24)29(36)33-28-18-35(15-12-26(28)30(37)34-38)17-21-10-13-31-14-11-21/h2-11,13-14,16,26,28,38H,12,15,17-19H2,1H3,(H,33,36)(H,34,37). The molecule has 1 fully saturated rings. The minimum atomic E-state index is -0.533. The number of aromatic nitrogens is 2. The van der Waals surface area contributed by atoms with Crippen LogP contribution in [0.1, 0.15) is 33.6 Å². The molecule has 2 unspecified atom stereocenters. The molecular formula is C30H31N5O4. The monoisotopic (exact) mass is 525 g/mol. The number of nitrogens with zero attached hydrogens (tertiary/aromatic N) is 3. The van der Waals surface area contributed by atoms with Gasteiger partial charge in [0.1, 0.15) is 12.4 Å². The van der Waals surface area contributed by atoms with Crippen LogP contribution in [0.2, 0.25) is 0 Å². The molecule has 0 bridgehead atoms. The van der Waals surface area contributed by atoms with Gasteiger partial charge in [0, 0.05) is 47.7 Å². The van der Waals surface area contributed by atoms with E-state index in [0.29, 0.717) is 44.0 Å². The molecule has 2 aromatic carbocycles. The summed E-state index contributed by atoms with van der Waals surface area (Å²) in [5, 5.41) is 13.3. The summed E-state index contributed by atoms with van der Waals surface area (Å²) >= 11 is 0. The number of carbonyl (C=O) groups is 2. The molecule has 2 atom stereocenters. The fourth-order valence-corrected chi connectivity index (χ4v) is 5.08. The fraction of sp³-hybridized carbons (Fsp3) is 0.267. The molecule has 4 aromatic rings. The average Bonchev–Trinajstić information content (AvgIpc) is 2.96. The van der Waals surface area contributed by atoms with Gasteiger partial charge >= 0.3 is 0 Å². The van der Waals surface area contributed by atoms with Gasteiger partial charge in [0.15, 0.2) is 0 Å². The zero-order chi connectivity index (χ0) is 27.2. The van der Waals surface area contributed by atoms with Crippen molar-refractivity contribution in [3.8, 4) is 5.75 Å². The Morgan fingerprint density at radius 2 is 1.85 bits per heavy atom. The Labute approximate surface area is 226 Å². The predicted molar refractivity (Wildman–Crippen MR) is 146 cm³/mol. The summed E-state index contributed by atoms with van der Waals surface area (Å²) in [6, 6.07) is 20.4. The van der Waals surface area contributed by atoms with Crippen LogP contribution < -0.4 is 15.5 Å². The fourth-order valence-electron chi connectivity index (χ4n) is 5.08. The summed E-state index contributed by atoms with van der Waals surface area (Å²) in [5.41, 5.74) is 6.21. The first-order valence-corrected chi connectivity index (χ1v) is 12.9. The maximum absolute atomic E-state index is 13.1. The molecule has 0 spiro atoms. The summed E-state index contributed by atoms with van der Waals surface area (Å²) < 4.78 is 6.02. The van der Waals surface area contributed by atoms with Crippen molar-refractivity contribution in [3.05, 3.63) is 102 Å². The molecule has 9 heteroatoms. The van der Waals surface area contributed by atoms with Gasteiger partial charge in [-0.3, -0.25) is 29.7 Å². The normalized spacial score (nSPS) is 17.5. The molecule has 9 nitrogen and oxygen atoms in total. The molecule has 2 amide bonds.